The molecule has 8 heteroatoms. The summed E-state index contributed by atoms with van der Waals surface area (Å²) in [6.45, 7) is 7.37. The van der Waals surface area contributed by atoms with Gasteiger partial charge in [0.25, 0.3) is 15.9 Å². The maximum atomic E-state index is 13.4. The normalized spacial score (nSPS) is 21.1. The fraction of sp³-hybridized carbons (Fsp3) is 0.318. The Kier molecular flexibility index (Phi) is 5.81. The number of benzene rings is 2. The highest BCUT2D eigenvalue weighted by Crippen LogP contribution is 2.49. The van der Waals surface area contributed by atoms with Gasteiger partial charge in [0.1, 0.15) is 0 Å². The SMILES string of the molecule is Cc1ccc(S(=O)(=O)/N=C2/SC(C#N)(C(C)(C)C)C(=O)N2Cc2ccccc2)cc1. The highest BCUT2D eigenvalue weighted by Gasteiger charge is 2.59. The van der Waals surface area contributed by atoms with E-state index < -0.39 is 26.1 Å². The van der Waals surface area contributed by atoms with Crippen molar-refractivity contribution in [2.75, 3.05) is 0 Å². The van der Waals surface area contributed by atoms with E-state index in [9.17, 15) is 18.5 Å². The number of hydrogen-bond acceptors (Lipinski definition) is 5. The van der Waals surface area contributed by atoms with Gasteiger partial charge in [0.05, 0.1) is 17.5 Å². The summed E-state index contributed by atoms with van der Waals surface area (Å²) in [7, 11) is -4.05. The first kappa shape index (κ1) is 22.1. The van der Waals surface area contributed by atoms with Crippen LogP contribution in [0.3, 0.4) is 0 Å². The smallest absolute Gasteiger partial charge is 0.284 e. The van der Waals surface area contributed by atoms with E-state index in [0.717, 1.165) is 22.9 Å². The van der Waals surface area contributed by atoms with Gasteiger partial charge in [0.2, 0.25) is 0 Å². The second-order valence-electron chi connectivity index (χ2n) is 8.18. The van der Waals surface area contributed by atoms with Crippen molar-refractivity contribution in [2.24, 2.45) is 9.81 Å². The minimum Gasteiger partial charge on any atom is -0.284 e. The molecule has 0 radical (unpaired) electrons. The van der Waals surface area contributed by atoms with Gasteiger partial charge in [0.15, 0.2) is 9.91 Å². The molecule has 0 bridgehead atoms. The van der Waals surface area contributed by atoms with Gasteiger partial charge in [-0.05, 0) is 30.0 Å². The average Bonchev–Trinajstić information content (AvgIpc) is 2.95. The molecule has 1 unspecified atom stereocenters. The number of aryl methyl sites for hydroxylation is 1. The molecule has 1 aliphatic rings. The maximum Gasteiger partial charge on any atom is 0.284 e. The van der Waals surface area contributed by atoms with E-state index in [1.54, 1.807) is 32.9 Å². The van der Waals surface area contributed by atoms with E-state index in [1.165, 1.54) is 17.0 Å². The lowest BCUT2D eigenvalue weighted by molar-refractivity contribution is -0.130. The summed E-state index contributed by atoms with van der Waals surface area (Å²) in [5.41, 5.74) is 1.01. The Labute approximate surface area is 181 Å². The van der Waals surface area contributed by atoms with Crippen molar-refractivity contribution in [1.29, 1.82) is 5.26 Å². The van der Waals surface area contributed by atoms with Gasteiger partial charge in [-0.1, -0.05) is 80.6 Å². The van der Waals surface area contributed by atoms with Crippen LogP contribution in [0.5, 0.6) is 0 Å². The Bertz CT molecular complexity index is 1130. The molecule has 1 amide bonds. The van der Waals surface area contributed by atoms with E-state index in [4.69, 9.17) is 0 Å². The monoisotopic (exact) mass is 441 g/mol. The molecule has 0 spiro atoms. The molecule has 1 heterocycles. The molecule has 156 valence electrons. The van der Waals surface area contributed by atoms with E-state index in [2.05, 4.69) is 10.5 Å². The van der Waals surface area contributed by atoms with Crippen molar-refractivity contribution >= 4 is 32.9 Å². The van der Waals surface area contributed by atoms with Crippen LogP contribution >= 0.6 is 11.8 Å². The lowest BCUT2D eigenvalue weighted by atomic mass is 9.80. The second-order valence-corrected chi connectivity index (χ2v) is 11.0. The number of thioether (sulfide) groups is 1. The minimum atomic E-state index is -4.05. The Morgan fingerprint density at radius 3 is 2.23 bits per heavy atom. The number of amides is 1. The topological polar surface area (TPSA) is 90.6 Å². The lowest BCUT2D eigenvalue weighted by Crippen LogP contribution is -2.47. The van der Waals surface area contributed by atoms with Crippen molar-refractivity contribution in [2.45, 2.75) is 43.9 Å². The van der Waals surface area contributed by atoms with Gasteiger partial charge in [-0.3, -0.25) is 9.69 Å². The largest absolute Gasteiger partial charge is 0.284 e. The molecule has 0 saturated carbocycles. The number of nitrogens with zero attached hydrogens (tertiary/aromatic N) is 3. The maximum absolute atomic E-state index is 13.4. The molecule has 2 aromatic rings. The van der Waals surface area contributed by atoms with Gasteiger partial charge in [-0.2, -0.15) is 13.7 Å². The van der Waals surface area contributed by atoms with Crippen molar-refractivity contribution in [3.05, 3.63) is 65.7 Å². The zero-order chi connectivity index (χ0) is 22.2. The van der Waals surface area contributed by atoms with Crippen LogP contribution in [0.15, 0.2) is 63.9 Å². The van der Waals surface area contributed by atoms with E-state index in [1.807, 2.05) is 37.3 Å². The van der Waals surface area contributed by atoms with E-state index in [0.29, 0.717) is 0 Å². The average molecular weight is 442 g/mol. The molecule has 0 N–H and O–H groups in total. The number of hydrogen-bond donors (Lipinski definition) is 0. The third-order valence-corrected chi connectivity index (χ3v) is 8.01. The molecule has 1 aliphatic heterocycles. The van der Waals surface area contributed by atoms with Gasteiger partial charge in [0, 0.05) is 0 Å². The quantitative estimate of drug-likeness (QED) is 0.712. The van der Waals surface area contributed by atoms with Gasteiger partial charge >= 0.3 is 0 Å². The summed E-state index contributed by atoms with van der Waals surface area (Å²) >= 11 is 0.911. The Hall–Kier alpha value is -2.63. The molecule has 0 aliphatic carbocycles. The van der Waals surface area contributed by atoms with Gasteiger partial charge < -0.3 is 0 Å². The zero-order valence-corrected chi connectivity index (χ0v) is 18.9. The van der Waals surface area contributed by atoms with E-state index in [-0.39, 0.29) is 16.6 Å². The van der Waals surface area contributed by atoms with E-state index >= 15 is 0 Å². The summed E-state index contributed by atoms with van der Waals surface area (Å²) in [6, 6.07) is 17.7. The highest BCUT2D eigenvalue weighted by atomic mass is 32.2. The second kappa shape index (κ2) is 7.89. The highest BCUT2D eigenvalue weighted by molar-refractivity contribution is 8.17. The molecule has 1 saturated heterocycles. The first-order chi connectivity index (χ1) is 14.0. The summed E-state index contributed by atoms with van der Waals surface area (Å²) in [5.74, 6) is -0.454. The van der Waals surface area contributed by atoms with Crippen LogP contribution < -0.4 is 0 Å². The summed E-state index contributed by atoms with van der Waals surface area (Å²) in [6.07, 6.45) is 0. The molecule has 6 nitrogen and oxygen atoms in total. The van der Waals surface area contributed by atoms with Crippen molar-refractivity contribution in [3.8, 4) is 6.07 Å². The predicted octanol–water partition coefficient (Wildman–Crippen LogP) is 4.12. The standard InChI is InChI=1S/C22H23N3O3S2/c1-16-10-12-18(13-11-16)30(27,28)24-20-25(14-17-8-6-5-7-9-17)19(26)22(15-23,29-20)21(2,3)4/h5-13H,14H2,1-4H3/b24-20+. The first-order valence-corrected chi connectivity index (χ1v) is 11.6. The molecule has 2 aromatic carbocycles. The van der Waals surface area contributed by atoms with Crippen LogP contribution in [0.25, 0.3) is 0 Å². The predicted molar refractivity (Wildman–Crippen MR) is 118 cm³/mol. The summed E-state index contributed by atoms with van der Waals surface area (Å²) < 4.78 is 28.4. The van der Waals surface area contributed by atoms with Crippen LogP contribution in [0, 0.1) is 23.7 Å². The third kappa shape index (κ3) is 4.00. The molecular weight excluding hydrogens is 418 g/mol. The number of nitriles is 1. The number of carbonyl (C=O) groups is 1. The molecule has 1 atom stereocenters. The molecule has 1 fully saturated rings. The Balaban J connectivity index is 2.11. The number of sulfonamides is 1. The fourth-order valence-corrected chi connectivity index (χ4v) is 5.48. The van der Waals surface area contributed by atoms with Crippen molar-refractivity contribution in [3.63, 3.8) is 0 Å². The van der Waals surface area contributed by atoms with Crippen LogP contribution in [-0.4, -0.2) is 29.1 Å². The summed E-state index contributed by atoms with van der Waals surface area (Å²) in [5, 5.41) is 9.96. The molecule has 0 aromatic heterocycles. The van der Waals surface area contributed by atoms with Crippen molar-refractivity contribution < 1.29 is 13.2 Å². The van der Waals surface area contributed by atoms with Crippen LogP contribution in [0.4, 0.5) is 0 Å². The van der Waals surface area contributed by atoms with Crippen LogP contribution in [0.2, 0.25) is 0 Å². The molecular formula is C22H23N3O3S2. The molecule has 30 heavy (non-hydrogen) atoms. The van der Waals surface area contributed by atoms with Crippen LogP contribution in [0.1, 0.15) is 31.9 Å². The Morgan fingerprint density at radius 2 is 1.70 bits per heavy atom. The van der Waals surface area contributed by atoms with Crippen LogP contribution in [-0.2, 0) is 21.4 Å². The third-order valence-electron chi connectivity index (χ3n) is 4.94. The molecule has 3 rings (SSSR count). The Morgan fingerprint density at radius 1 is 1.10 bits per heavy atom. The first-order valence-electron chi connectivity index (χ1n) is 9.38. The lowest BCUT2D eigenvalue weighted by Gasteiger charge is -2.31. The number of amidine groups is 1. The summed E-state index contributed by atoms with van der Waals surface area (Å²) in [4.78, 5) is 14.7. The number of carbonyl (C=O) groups excluding carboxylic acids is 1. The van der Waals surface area contributed by atoms with Crippen molar-refractivity contribution in [1.82, 2.24) is 4.90 Å². The number of rotatable bonds is 4. The minimum absolute atomic E-state index is 0.0147. The van der Waals surface area contributed by atoms with Gasteiger partial charge in [-0.25, -0.2) is 0 Å². The van der Waals surface area contributed by atoms with Gasteiger partial charge in [-0.15, -0.1) is 4.40 Å². The fourth-order valence-electron chi connectivity index (χ4n) is 3.06. The zero-order valence-electron chi connectivity index (χ0n) is 17.3.